The van der Waals surface area contributed by atoms with Crippen LogP contribution in [0.5, 0.6) is 0 Å². The van der Waals surface area contributed by atoms with Gasteiger partial charge in [0.25, 0.3) is 11.8 Å². The van der Waals surface area contributed by atoms with Crippen molar-refractivity contribution in [1.29, 1.82) is 0 Å². The summed E-state index contributed by atoms with van der Waals surface area (Å²) in [5.41, 5.74) is -1.17. The summed E-state index contributed by atoms with van der Waals surface area (Å²) >= 11 is 0. The Balaban J connectivity index is 1.61. The van der Waals surface area contributed by atoms with Gasteiger partial charge in [-0.2, -0.15) is 18.3 Å². The summed E-state index contributed by atoms with van der Waals surface area (Å²) in [7, 11) is 3.64. The third-order valence-electron chi connectivity index (χ3n) is 4.41. The lowest BCUT2D eigenvalue weighted by Crippen LogP contribution is -2.35. The molecule has 0 saturated heterocycles. The van der Waals surface area contributed by atoms with Crippen molar-refractivity contribution in [3.05, 3.63) is 71.7 Å². The summed E-state index contributed by atoms with van der Waals surface area (Å²) in [6.07, 6.45) is -2.35. The minimum absolute atomic E-state index is 0.0220. The highest BCUT2D eigenvalue weighted by Gasteiger charge is 2.39. The second-order valence-corrected chi connectivity index (χ2v) is 6.98. The van der Waals surface area contributed by atoms with E-state index in [2.05, 4.69) is 20.7 Å². The second kappa shape index (κ2) is 9.50. The molecule has 0 spiro atoms. The zero-order valence-electron chi connectivity index (χ0n) is 17.3. The molecule has 168 valence electrons. The molecule has 0 bridgehead atoms. The maximum absolute atomic E-state index is 13.4. The number of hydrogen-bond acceptors (Lipinski definition) is 5. The predicted octanol–water partition coefficient (Wildman–Crippen LogP) is 2.51. The fourth-order valence-corrected chi connectivity index (χ4v) is 2.80. The molecule has 2 aromatic heterocycles. The van der Waals surface area contributed by atoms with Crippen LogP contribution in [0.3, 0.4) is 0 Å². The number of aromatic nitrogens is 3. The third-order valence-corrected chi connectivity index (χ3v) is 4.41. The van der Waals surface area contributed by atoms with Crippen LogP contribution < -0.4 is 15.5 Å². The van der Waals surface area contributed by atoms with Crippen LogP contribution in [0.25, 0.3) is 5.69 Å². The van der Waals surface area contributed by atoms with Gasteiger partial charge < -0.3 is 15.5 Å². The minimum atomic E-state index is -4.80. The van der Waals surface area contributed by atoms with E-state index in [-0.39, 0.29) is 13.1 Å². The van der Waals surface area contributed by atoms with E-state index in [9.17, 15) is 22.8 Å². The van der Waals surface area contributed by atoms with Gasteiger partial charge in [-0.1, -0.05) is 18.2 Å². The first-order valence-corrected chi connectivity index (χ1v) is 9.59. The van der Waals surface area contributed by atoms with Crippen LogP contribution in [0.2, 0.25) is 0 Å². The number of halogens is 3. The normalized spacial score (nSPS) is 11.2. The van der Waals surface area contributed by atoms with Crippen molar-refractivity contribution < 1.29 is 22.8 Å². The lowest BCUT2D eigenvalue weighted by molar-refractivity contribution is -0.141. The largest absolute Gasteiger partial charge is 0.435 e. The van der Waals surface area contributed by atoms with E-state index >= 15 is 0 Å². The van der Waals surface area contributed by atoms with Crippen molar-refractivity contribution in [2.24, 2.45) is 0 Å². The van der Waals surface area contributed by atoms with Gasteiger partial charge in [0, 0.05) is 39.6 Å². The average Bonchev–Trinajstić information content (AvgIpc) is 3.23. The smallest absolute Gasteiger partial charge is 0.363 e. The number of amides is 2. The molecule has 2 heterocycles. The maximum Gasteiger partial charge on any atom is 0.435 e. The molecule has 3 aromatic rings. The maximum atomic E-state index is 13.4. The molecular formula is C21H21F3N6O2. The van der Waals surface area contributed by atoms with E-state index in [4.69, 9.17) is 0 Å². The Morgan fingerprint density at radius 2 is 1.66 bits per heavy atom. The lowest BCUT2D eigenvalue weighted by Gasteiger charge is -2.11. The van der Waals surface area contributed by atoms with E-state index in [1.165, 1.54) is 6.20 Å². The van der Waals surface area contributed by atoms with E-state index in [0.29, 0.717) is 17.1 Å². The quantitative estimate of drug-likeness (QED) is 0.544. The number of pyridine rings is 1. The Morgan fingerprint density at radius 3 is 2.22 bits per heavy atom. The van der Waals surface area contributed by atoms with Gasteiger partial charge in [-0.25, -0.2) is 9.67 Å². The van der Waals surface area contributed by atoms with Crippen molar-refractivity contribution in [3.63, 3.8) is 0 Å². The van der Waals surface area contributed by atoms with Crippen molar-refractivity contribution in [3.8, 4) is 5.69 Å². The fourth-order valence-electron chi connectivity index (χ4n) is 2.80. The number of anilines is 1. The second-order valence-electron chi connectivity index (χ2n) is 6.98. The molecule has 0 aliphatic heterocycles. The first-order valence-electron chi connectivity index (χ1n) is 9.59. The van der Waals surface area contributed by atoms with Gasteiger partial charge in [-0.3, -0.25) is 9.59 Å². The zero-order valence-corrected chi connectivity index (χ0v) is 17.3. The number of nitrogens with zero attached hydrogens (tertiary/aromatic N) is 4. The zero-order chi connectivity index (χ0) is 23.3. The van der Waals surface area contributed by atoms with Crippen LogP contribution in [0.1, 0.15) is 26.4 Å². The number of nitrogens with one attached hydrogen (secondary N) is 2. The molecule has 0 saturated carbocycles. The Kier molecular flexibility index (Phi) is 6.76. The molecular weight excluding hydrogens is 425 g/mol. The Morgan fingerprint density at radius 1 is 1.00 bits per heavy atom. The topological polar surface area (TPSA) is 92.2 Å². The Hall–Kier alpha value is -3.89. The number of carbonyl (C=O) groups is 2. The molecule has 8 nitrogen and oxygen atoms in total. The minimum Gasteiger partial charge on any atom is -0.363 e. The van der Waals surface area contributed by atoms with Crippen LogP contribution in [0, 0.1) is 0 Å². The SMILES string of the molecule is CN(C)c1ccc(C(=O)NCCNC(=O)c2cn(-c3ccccc3)nc2C(F)(F)F)cn1. The van der Waals surface area contributed by atoms with E-state index in [1.54, 1.807) is 47.4 Å². The molecule has 32 heavy (non-hydrogen) atoms. The van der Waals surface area contributed by atoms with Crippen LogP contribution in [-0.2, 0) is 6.18 Å². The molecule has 1 aromatic carbocycles. The first-order chi connectivity index (χ1) is 15.2. The summed E-state index contributed by atoms with van der Waals surface area (Å²) in [6.45, 7) is -0.0459. The summed E-state index contributed by atoms with van der Waals surface area (Å²) < 4.78 is 41.1. The summed E-state index contributed by atoms with van der Waals surface area (Å²) in [5.74, 6) is -0.666. The molecule has 2 N–H and O–H groups in total. The van der Waals surface area contributed by atoms with E-state index in [1.807, 2.05) is 14.1 Å². The van der Waals surface area contributed by atoms with Crippen LogP contribution in [0.4, 0.5) is 19.0 Å². The standard InChI is InChI=1S/C21H21F3N6O2/c1-29(2)17-9-8-14(12-27-17)19(31)25-10-11-26-20(32)16-13-30(15-6-4-3-5-7-15)28-18(16)21(22,23)24/h3-9,12-13H,10-11H2,1-2H3,(H,25,31)(H,26,32). The molecule has 0 unspecified atom stereocenters. The molecule has 3 rings (SSSR count). The fraction of sp³-hybridized carbons (Fsp3) is 0.238. The van der Waals surface area contributed by atoms with Gasteiger partial charge in [-0.15, -0.1) is 0 Å². The van der Waals surface area contributed by atoms with Crippen molar-refractivity contribution in [2.45, 2.75) is 6.18 Å². The van der Waals surface area contributed by atoms with Gasteiger partial charge in [0.05, 0.1) is 16.8 Å². The number of benzene rings is 1. The number of para-hydroxylation sites is 1. The van der Waals surface area contributed by atoms with Crippen molar-refractivity contribution >= 4 is 17.6 Å². The molecule has 11 heteroatoms. The van der Waals surface area contributed by atoms with E-state index in [0.717, 1.165) is 10.9 Å². The highest BCUT2D eigenvalue weighted by atomic mass is 19.4. The van der Waals surface area contributed by atoms with Crippen LogP contribution in [-0.4, -0.2) is 53.8 Å². The third kappa shape index (κ3) is 5.42. The lowest BCUT2D eigenvalue weighted by atomic mass is 10.2. The van der Waals surface area contributed by atoms with Crippen LogP contribution in [0.15, 0.2) is 54.9 Å². The highest BCUT2D eigenvalue weighted by Crippen LogP contribution is 2.31. The summed E-state index contributed by atoms with van der Waals surface area (Å²) in [4.78, 5) is 30.4. The van der Waals surface area contributed by atoms with Gasteiger partial charge in [0.2, 0.25) is 0 Å². The molecule has 0 atom stereocenters. The van der Waals surface area contributed by atoms with Crippen molar-refractivity contribution in [1.82, 2.24) is 25.4 Å². The Bertz CT molecular complexity index is 1080. The highest BCUT2D eigenvalue weighted by molar-refractivity contribution is 5.96. The molecule has 2 amide bonds. The summed E-state index contributed by atoms with van der Waals surface area (Å²) in [5, 5.41) is 8.50. The number of alkyl halides is 3. The van der Waals surface area contributed by atoms with Gasteiger partial charge in [-0.05, 0) is 24.3 Å². The van der Waals surface area contributed by atoms with Crippen LogP contribution >= 0.6 is 0 Å². The number of carbonyl (C=O) groups excluding carboxylic acids is 2. The van der Waals surface area contributed by atoms with Gasteiger partial charge in [0.1, 0.15) is 5.82 Å². The monoisotopic (exact) mass is 446 g/mol. The van der Waals surface area contributed by atoms with E-state index < -0.39 is 29.2 Å². The summed E-state index contributed by atoms with van der Waals surface area (Å²) in [6, 6.07) is 11.4. The number of hydrogen-bond donors (Lipinski definition) is 2. The van der Waals surface area contributed by atoms with Gasteiger partial charge >= 0.3 is 6.18 Å². The van der Waals surface area contributed by atoms with Gasteiger partial charge in [0.15, 0.2) is 5.69 Å². The Labute approximate surface area is 182 Å². The molecule has 0 aliphatic rings. The predicted molar refractivity (Wildman–Crippen MR) is 112 cm³/mol. The first kappa shape index (κ1) is 22.8. The number of rotatable bonds is 7. The molecule has 0 aliphatic carbocycles. The molecule has 0 radical (unpaired) electrons. The van der Waals surface area contributed by atoms with Crippen molar-refractivity contribution in [2.75, 3.05) is 32.1 Å². The average molecular weight is 446 g/mol. The molecule has 0 fully saturated rings.